The molecule has 0 bridgehead atoms. The molecule has 9 nitrogen and oxygen atoms in total. The molecule has 0 fully saturated rings. The molecule has 0 spiro atoms. The monoisotopic (exact) mass is 315 g/mol. The molecule has 0 amide bonds. The molecule has 0 rings (SSSR count). The van der Waals surface area contributed by atoms with Crippen LogP contribution in [0.4, 0.5) is 0 Å². The third-order valence-corrected chi connectivity index (χ3v) is 5.01. The summed E-state index contributed by atoms with van der Waals surface area (Å²) in [4.78, 5) is 25.6. The summed E-state index contributed by atoms with van der Waals surface area (Å²) in [6.07, 6.45) is 0. The quantitative estimate of drug-likeness (QED) is 0.257. The van der Waals surface area contributed by atoms with E-state index in [1.54, 1.807) is 0 Å². The predicted octanol–water partition coefficient (Wildman–Crippen LogP) is -1.19. The van der Waals surface area contributed by atoms with Crippen LogP contribution in [0.3, 0.4) is 0 Å². The van der Waals surface area contributed by atoms with Crippen LogP contribution in [-0.2, 0) is 34.5 Å². The normalized spacial score (nSPS) is 20.1. The second kappa shape index (κ2) is 6.27. The highest BCUT2D eigenvalue weighted by Crippen LogP contribution is 2.70. The topological polar surface area (TPSA) is 143 Å². The number of rotatable bonds is 7. The Kier molecular flexibility index (Phi) is 6.67. The second-order valence-electron chi connectivity index (χ2n) is 1.90. The van der Waals surface area contributed by atoms with Crippen molar-refractivity contribution in [3.8, 4) is 0 Å². The third kappa shape index (κ3) is 9.10. The van der Waals surface area contributed by atoms with E-state index in [0.717, 1.165) is 0 Å². The summed E-state index contributed by atoms with van der Waals surface area (Å²) in [5.74, 6) is 0. The van der Waals surface area contributed by atoms with Crippen LogP contribution < -0.4 is 0 Å². The number of aliphatic hydroxyl groups excluding tert-OH is 1. The van der Waals surface area contributed by atoms with E-state index in [1.165, 1.54) is 0 Å². The fraction of sp³-hybridized carbons (Fsp3) is 1.00. The molecule has 0 aliphatic heterocycles. The van der Waals surface area contributed by atoms with Crippen molar-refractivity contribution in [1.82, 2.24) is 0 Å². The largest absolute Gasteiger partial charge is 0.543 e. The van der Waals surface area contributed by atoms with Crippen LogP contribution in [0.1, 0.15) is 0 Å². The van der Waals surface area contributed by atoms with Crippen molar-refractivity contribution in [3.05, 3.63) is 0 Å². The van der Waals surface area contributed by atoms with Crippen LogP contribution in [-0.4, -0.2) is 40.6 Å². The van der Waals surface area contributed by atoms with Crippen LogP contribution in [0.25, 0.3) is 0 Å². The van der Waals surface area contributed by atoms with E-state index < -0.39 is 30.0 Å². The van der Waals surface area contributed by atoms with Crippen molar-refractivity contribution < 1.29 is 42.1 Å². The van der Waals surface area contributed by atoms with E-state index in [1.807, 2.05) is 0 Å². The molecule has 2 atom stereocenters. The molecule has 0 radical (unpaired) electrons. The average molecular weight is 315 g/mol. The van der Waals surface area contributed by atoms with Gasteiger partial charge in [0.15, 0.2) is 7.57 Å². The Hall–Kier alpha value is 1.02. The lowest BCUT2D eigenvalue weighted by Crippen LogP contribution is -2.04. The van der Waals surface area contributed by atoms with Crippen molar-refractivity contribution >= 4 is 42.3 Å². The minimum Gasteiger partial charge on any atom is -0.543 e. The molecule has 0 aromatic rings. The zero-order chi connectivity index (χ0) is 13.0. The molecule has 98 valence electrons. The smallest absolute Gasteiger partial charge is 0.511 e. The first kappa shape index (κ1) is 17.0. The number of hydrogen-bond acceptors (Lipinski definition) is 7. The molecule has 0 aliphatic carbocycles. The van der Waals surface area contributed by atoms with E-state index in [2.05, 4.69) is 8.62 Å². The summed E-state index contributed by atoms with van der Waals surface area (Å²) in [6, 6.07) is 0. The highest BCUT2D eigenvalue weighted by molar-refractivity contribution is 8.48. The molecule has 0 aromatic heterocycles. The van der Waals surface area contributed by atoms with Crippen LogP contribution in [0.5, 0.6) is 0 Å². The first-order valence-corrected chi connectivity index (χ1v) is 8.38. The first-order chi connectivity index (χ1) is 6.97. The minimum absolute atomic E-state index is 0.170. The molecule has 0 heterocycles. The summed E-state index contributed by atoms with van der Waals surface area (Å²) in [6.45, 7) is -3.49. The first-order valence-electron chi connectivity index (χ1n) is 3.17. The Balaban J connectivity index is 4.46. The van der Waals surface area contributed by atoms with Gasteiger partial charge < -0.3 is 32.0 Å². The third-order valence-electron chi connectivity index (χ3n) is 0.667. The Morgan fingerprint density at radius 1 is 1.31 bits per heavy atom. The van der Waals surface area contributed by atoms with Gasteiger partial charge in [0.2, 0.25) is 0 Å². The van der Waals surface area contributed by atoms with Gasteiger partial charge in [0.1, 0.15) is 6.61 Å². The van der Waals surface area contributed by atoms with E-state index in [4.69, 9.17) is 36.6 Å². The Morgan fingerprint density at radius 2 is 1.81 bits per heavy atom. The highest BCUT2D eigenvalue weighted by Gasteiger charge is 2.37. The average Bonchev–Trinajstić information content (AvgIpc) is 1.93. The fourth-order valence-electron chi connectivity index (χ4n) is 0.372. The zero-order valence-electron chi connectivity index (χ0n) is 6.99. The van der Waals surface area contributed by atoms with Crippen molar-refractivity contribution in [2.45, 2.75) is 0 Å². The summed E-state index contributed by atoms with van der Waals surface area (Å²) < 4.78 is 34.2. The molecule has 0 saturated heterocycles. The van der Waals surface area contributed by atoms with Gasteiger partial charge in [-0.2, -0.15) is 8.62 Å². The van der Waals surface area contributed by atoms with Gasteiger partial charge in [0, 0.05) is 0 Å². The summed E-state index contributed by atoms with van der Waals surface area (Å²) in [7, 11) is -10.9. The lowest BCUT2D eigenvalue weighted by atomic mass is 10.8. The Bertz CT molecular complexity index is 314. The van der Waals surface area contributed by atoms with Gasteiger partial charge in [-0.15, -0.1) is 0 Å². The molecule has 2 unspecified atom stereocenters. The maximum atomic E-state index is 11.1. The van der Waals surface area contributed by atoms with Crippen LogP contribution in [0, 0.1) is 0 Å². The van der Waals surface area contributed by atoms with Crippen molar-refractivity contribution in [2.75, 3.05) is 13.2 Å². The van der Waals surface area contributed by atoms with E-state index in [-0.39, 0.29) is 13.2 Å². The molecular weight excluding hydrogens is 304 g/mol. The fourth-order valence-corrected chi connectivity index (χ4v) is 3.91. The molecule has 0 aliphatic rings. The lowest BCUT2D eigenvalue weighted by molar-refractivity contribution is 0.193. The maximum Gasteiger partial charge on any atom is 0.511 e. The van der Waals surface area contributed by atoms with Crippen molar-refractivity contribution in [2.24, 2.45) is 0 Å². The van der Waals surface area contributed by atoms with Crippen molar-refractivity contribution in [3.63, 3.8) is 0 Å². The highest BCUT2D eigenvalue weighted by atomic mass is 32.7. The van der Waals surface area contributed by atoms with Gasteiger partial charge in [0.05, 0.1) is 6.61 Å². The van der Waals surface area contributed by atoms with Crippen LogP contribution >= 0.6 is 22.4 Å². The number of hydrogen-bond donors (Lipinski definition) is 4. The van der Waals surface area contributed by atoms with Crippen molar-refractivity contribution in [1.29, 1.82) is 0 Å². The molecule has 16 heavy (non-hydrogen) atoms. The van der Waals surface area contributed by atoms with Gasteiger partial charge in [-0.25, -0.2) is 9.13 Å². The molecule has 14 heteroatoms. The van der Waals surface area contributed by atoms with E-state index in [0.29, 0.717) is 0 Å². The maximum absolute atomic E-state index is 11.1. The van der Waals surface area contributed by atoms with Crippen LogP contribution in [0.15, 0.2) is 0 Å². The Morgan fingerprint density at radius 3 is 2.19 bits per heavy atom. The lowest BCUT2D eigenvalue weighted by Gasteiger charge is -2.32. The van der Waals surface area contributed by atoms with E-state index >= 15 is 0 Å². The molecule has 0 saturated carbocycles. The predicted molar refractivity (Wildman–Crippen MR) is 61.3 cm³/mol. The SMILES string of the molecule is [BH3-][P+]([S-])(OCCO)OP(=O)(O)OP(=O)(O)O. The van der Waals surface area contributed by atoms with Gasteiger partial charge >= 0.3 is 15.6 Å². The second-order valence-corrected chi connectivity index (χ2v) is 6.73. The van der Waals surface area contributed by atoms with Gasteiger partial charge in [0.25, 0.3) is 0 Å². The van der Waals surface area contributed by atoms with E-state index in [9.17, 15) is 9.13 Å². The zero-order valence-corrected chi connectivity index (χ0v) is 10.5. The Labute approximate surface area is 98.0 Å². The number of phosphoric acid groups is 2. The molecular formula is C2H11BO9P3S-. The number of aliphatic hydroxyl groups is 1. The standard InChI is InChI=1S/C2H11BO9P3S/c3-13(16,10-2-1-4)11-15(8,9)12-14(5,6)7/h4H,1-2H2,3H3,(H,8,9)(H2,5,6,7)/q-1. The van der Waals surface area contributed by atoms with Gasteiger partial charge in [-0.1, -0.05) is 0 Å². The minimum atomic E-state index is -5.14. The molecule has 4 N–H and O–H groups in total. The summed E-state index contributed by atoms with van der Waals surface area (Å²) >= 11 is 4.75. The van der Waals surface area contributed by atoms with Gasteiger partial charge in [-0.05, 0) is 6.80 Å². The summed E-state index contributed by atoms with van der Waals surface area (Å²) in [5.41, 5.74) is 0. The van der Waals surface area contributed by atoms with Crippen LogP contribution in [0.2, 0.25) is 0 Å². The molecule has 0 aromatic carbocycles. The van der Waals surface area contributed by atoms with Gasteiger partial charge in [-0.3, -0.25) is 4.52 Å². The summed E-state index contributed by atoms with van der Waals surface area (Å²) in [5, 5.41) is 8.45.